The molecular formula is C24H22BrN3O. The molecule has 0 amide bonds. The molecule has 0 aliphatic rings. The Kier molecular flexibility index (Phi) is 4.64. The number of hydrogen-bond acceptors (Lipinski definition) is 2. The van der Waals surface area contributed by atoms with E-state index in [1.54, 1.807) is 7.11 Å². The minimum Gasteiger partial charge on any atom is -0.383 e. The third kappa shape index (κ3) is 2.96. The average Bonchev–Trinajstić information content (AvgIpc) is 3.26. The molecule has 0 saturated heterocycles. The Balaban J connectivity index is 1.77. The van der Waals surface area contributed by atoms with Crippen LogP contribution in [0.5, 0.6) is 0 Å². The van der Waals surface area contributed by atoms with E-state index >= 15 is 0 Å². The van der Waals surface area contributed by atoms with Crippen LogP contribution in [-0.4, -0.2) is 27.8 Å². The molecule has 5 aromatic rings. The normalized spacial score (nSPS) is 11.8. The number of para-hydroxylation sites is 1. The standard InChI is InChI=1S/C24H22BrN3O/c1-3-27-21-7-5-4-6-18(21)19-14-16(8-10-22(19)27)24-26-20-15-17(25)9-11-23(20)28(24)12-13-29-2/h4-11,14-15H,3,12-13H2,1-2H3. The summed E-state index contributed by atoms with van der Waals surface area (Å²) in [5, 5.41) is 2.56. The van der Waals surface area contributed by atoms with Gasteiger partial charge in [0.05, 0.1) is 17.6 Å². The molecule has 0 atom stereocenters. The Hall–Kier alpha value is -2.63. The van der Waals surface area contributed by atoms with Crippen molar-refractivity contribution < 1.29 is 4.74 Å². The summed E-state index contributed by atoms with van der Waals surface area (Å²) < 4.78 is 11.0. The molecule has 146 valence electrons. The predicted octanol–water partition coefficient (Wildman–Crippen LogP) is 6.24. The molecule has 0 aliphatic heterocycles. The summed E-state index contributed by atoms with van der Waals surface area (Å²) in [6, 6.07) is 21.6. The predicted molar refractivity (Wildman–Crippen MR) is 123 cm³/mol. The maximum Gasteiger partial charge on any atom is 0.141 e. The van der Waals surface area contributed by atoms with Gasteiger partial charge in [-0.2, -0.15) is 0 Å². The number of nitrogens with zero attached hydrogens (tertiary/aromatic N) is 3. The maximum atomic E-state index is 5.36. The molecule has 0 unspecified atom stereocenters. The summed E-state index contributed by atoms with van der Waals surface area (Å²) in [7, 11) is 1.74. The molecule has 0 bridgehead atoms. The molecule has 0 fully saturated rings. The highest BCUT2D eigenvalue weighted by Crippen LogP contribution is 2.34. The summed E-state index contributed by atoms with van der Waals surface area (Å²) in [5.74, 6) is 0.977. The van der Waals surface area contributed by atoms with E-state index in [1.807, 2.05) is 0 Å². The van der Waals surface area contributed by atoms with Crippen LogP contribution in [0.3, 0.4) is 0 Å². The topological polar surface area (TPSA) is 32.0 Å². The van der Waals surface area contributed by atoms with Gasteiger partial charge in [0.15, 0.2) is 0 Å². The first kappa shape index (κ1) is 18.4. The van der Waals surface area contributed by atoms with Crippen molar-refractivity contribution >= 4 is 48.8 Å². The lowest BCUT2D eigenvalue weighted by Crippen LogP contribution is -2.06. The highest BCUT2D eigenvalue weighted by Gasteiger charge is 2.16. The quantitative estimate of drug-likeness (QED) is 0.319. The van der Waals surface area contributed by atoms with Crippen molar-refractivity contribution in [3.8, 4) is 11.4 Å². The molecule has 29 heavy (non-hydrogen) atoms. The van der Waals surface area contributed by atoms with Crippen LogP contribution >= 0.6 is 15.9 Å². The van der Waals surface area contributed by atoms with Gasteiger partial charge in [0.25, 0.3) is 0 Å². The molecule has 4 nitrogen and oxygen atoms in total. The Morgan fingerprint density at radius 3 is 2.52 bits per heavy atom. The number of rotatable bonds is 5. The van der Waals surface area contributed by atoms with Gasteiger partial charge in [0.2, 0.25) is 0 Å². The van der Waals surface area contributed by atoms with E-state index in [-0.39, 0.29) is 0 Å². The third-order valence-electron chi connectivity index (χ3n) is 5.58. The van der Waals surface area contributed by atoms with Gasteiger partial charge in [-0.3, -0.25) is 0 Å². The zero-order valence-electron chi connectivity index (χ0n) is 16.5. The highest BCUT2D eigenvalue weighted by molar-refractivity contribution is 9.10. The van der Waals surface area contributed by atoms with E-state index in [9.17, 15) is 0 Å². The number of methoxy groups -OCH3 is 1. The number of fused-ring (bicyclic) bond motifs is 4. The lowest BCUT2D eigenvalue weighted by atomic mass is 10.1. The van der Waals surface area contributed by atoms with Crippen LogP contribution < -0.4 is 0 Å². The lowest BCUT2D eigenvalue weighted by molar-refractivity contribution is 0.188. The fourth-order valence-electron chi connectivity index (χ4n) is 4.27. The minimum atomic E-state index is 0.645. The largest absolute Gasteiger partial charge is 0.383 e. The molecule has 5 rings (SSSR count). The second-order valence-electron chi connectivity index (χ2n) is 7.21. The number of imidazole rings is 1. The molecule has 2 aromatic heterocycles. The van der Waals surface area contributed by atoms with Crippen LogP contribution in [0.1, 0.15) is 6.92 Å². The summed E-state index contributed by atoms with van der Waals surface area (Å²) >= 11 is 3.57. The van der Waals surface area contributed by atoms with E-state index in [4.69, 9.17) is 9.72 Å². The van der Waals surface area contributed by atoms with E-state index in [0.29, 0.717) is 6.61 Å². The van der Waals surface area contributed by atoms with Crippen LogP contribution in [0.2, 0.25) is 0 Å². The average molecular weight is 448 g/mol. The smallest absolute Gasteiger partial charge is 0.141 e. The molecule has 0 N–H and O–H groups in total. The molecule has 0 saturated carbocycles. The fraction of sp³-hybridized carbons (Fsp3) is 0.208. The number of hydrogen-bond donors (Lipinski definition) is 0. The number of aryl methyl sites for hydroxylation is 1. The van der Waals surface area contributed by atoms with Gasteiger partial charge in [0, 0.05) is 52.0 Å². The Morgan fingerprint density at radius 1 is 0.897 bits per heavy atom. The van der Waals surface area contributed by atoms with Crippen molar-refractivity contribution in [1.29, 1.82) is 0 Å². The number of aromatic nitrogens is 3. The number of ether oxygens (including phenoxy) is 1. The Labute approximate surface area is 177 Å². The van der Waals surface area contributed by atoms with Crippen molar-refractivity contribution in [3.63, 3.8) is 0 Å². The minimum absolute atomic E-state index is 0.645. The van der Waals surface area contributed by atoms with E-state index in [0.717, 1.165) is 40.0 Å². The number of halogens is 1. The van der Waals surface area contributed by atoms with Crippen LogP contribution in [0.25, 0.3) is 44.2 Å². The molecular weight excluding hydrogens is 426 g/mol. The Bertz CT molecular complexity index is 1350. The van der Waals surface area contributed by atoms with Crippen LogP contribution in [-0.2, 0) is 17.8 Å². The van der Waals surface area contributed by atoms with Gasteiger partial charge in [-0.25, -0.2) is 4.98 Å². The molecule has 5 heteroatoms. The van der Waals surface area contributed by atoms with Gasteiger partial charge < -0.3 is 13.9 Å². The van der Waals surface area contributed by atoms with E-state index in [2.05, 4.69) is 92.7 Å². The first-order valence-electron chi connectivity index (χ1n) is 9.87. The first-order valence-corrected chi connectivity index (χ1v) is 10.7. The second kappa shape index (κ2) is 7.32. The summed E-state index contributed by atoms with van der Waals surface area (Å²) in [5.41, 5.74) is 5.77. The highest BCUT2D eigenvalue weighted by atomic mass is 79.9. The zero-order valence-corrected chi connectivity index (χ0v) is 18.1. The lowest BCUT2D eigenvalue weighted by Gasteiger charge is -2.09. The summed E-state index contributed by atoms with van der Waals surface area (Å²) in [6.07, 6.45) is 0. The van der Waals surface area contributed by atoms with Gasteiger partial charge >= 0.3 is 0 Å². The zero-order chi connectivity index (χ0) is 20.0. The third-order valence-corrected chi connectivity index (χ3v) is 6.07. The van der Waals surface area contributed by atoms with Crippen molar-refractivity contribution in [2.45, 2.75) is 20.0 Å². The molecule has 0 aliphatic carbocycles. The molecule has 3 aromatic carbocycles. The molecule has 0 spiro atoms. The van der Waals surface area contributed by atoms with Gasteiger partial charge in [0.1, 0.15) is 5.82 Å². The van der Waals surface area contributed by atoms with Crippen LogP contribution in [0, 0.1) is 0 Å². The van der Waals surface area contributed by atoms with Crippen LogP contribution in [0.4, 0.5) is 0 Å². The van der Waals surface area contributed by atoms with E-state index in [1.165, 1.54) is 21.8 Å². The monoisotopic (exact) mass is 447 g/mol. The maximum absolute atomic E-state index is 5.36. The SMILES string of the molecule is CCn1c2ccccc2c2cc(-c3nc4cc(Br)ccc4n3CCOC)ccc21. The van der Waals surface area contributed by atoms with Gasteiger partial charge in [-0.1, -0.05) is 34.1 Å². The fourth-order valence-corrected chi connectivity index (χ4v) is 4.61. The molecule has 2 heterocycles. The summed E-state index contributed by atoms with van der Waals surface area (Å²) in [4.78, 5) is 4.98. The van der Waals surface area contributed by atoms with E-state index < -0.39 is 0 Å². The first-order chi connectivity index (χ1) is 14.2. The van der Waals surface area contributed by atoms with Crippen molar-refractivity contribution in [2.75, 3.05) is 13.7 Å². The van der Waals surface area contributed by atoms with Crippen molar-refractivity contribution in [3.05, 3.63) is 65.1 Å². The second-order valence-corrected chi connectivity index (χ2v) is 8.12. The van der Waals surface area contributed by atoms with Crippen LogP contribution in [0.15, 0.2) is 65.1 Å². The Morgan fingerprint density at radius 2 is 1.69 bits per heavy atom. The summed E-state index contributed by atoms with van der Waals surface area (Å²) in [6.45, 7) is 4.55. The molecule has 0 radical (unpaired) electrons. The van der Waals surface area contributed by atoms with Gasteiger partial charge in [-0.05, 0) is 49.4 Å². The van der Waals surface area contributed by atoms with Crippen molar-refractivity contribution in [2.24, 2.45) is 0 Å². The number of benzene rings is 3. The van der Waals surface area contributed by atoms with Gasteiger partial charge in [-0.15, -0.1) is 0 Å². The van der Waals surface area contributed by atoms with Crippen molar-refractivity contribution in [1.82, 2.24) is 14.1 Å².